The van der Waals surface area contributed by atoms with Gasteiger partial charge in [-0.1, -0.05) is 76.3 Å². The van der Waals surface area contributed by atoms with E-state index in [1.165, 1.54) is 12.7 Å². The minimum absolute atomic E-state index is 0.0282. The molecule has 3 rings (SSSR count). The largest absolute Gasteiger partial charge is 0.465 e. The molecule has 13 heteroatoms. The second-order valence-electron chi connectivity index (χ2n) is 12.8. The Morgan fingerprint density at radius 2 is 1.67 bits per heavy atom. The smallest absolute Gasteiger partial charge is 0.405 e. The lowest BCUT2D eigenvalue weighted by atomic mass is 9.80. The van der Waals surface area contributed by atoms with E-state index >= 15 is 0 Å². The number of carboxylic acid groups (broad SMARTS) is 1. The molecule has 0 aliphatic heterocycles. The van der Waals surface area contributed by atoms with Crippen LogP contribution < -0.4 is 27.4 Å². The summed E-state index contributed by atoms with van der Waals surface area (Å²) in [5.41, 5.74) is 12.4. The number of H-pyrrole nitrogens is 1. The molecule has 1 aliphatic rings. The maximum Gasteiger partial charge on any atom is 0.405 e. The molecule has 0 unspecified atom stereocenters. The molecule has 13 nitrogen and oxygen atoms in total. The molecule has 1 aromatic carbocycles. The highest BCUT2D eigenvalue weighted by Crippen LogP contribution is 2.30. The molecule has 0 saturated heterocycles. The SMILES string of the molecule is CC(C)[C@@H](CCN=C(N)N)C[C@H](O)[C@H](CC1CCCCC1)NC(=O)[C@H](Cc1cnc[nH]1)NC(=O)[C@H](Cc1ccccc1)NC(=O)O. The fourth-order valence-corrected chi connectivity index (χ4v) is 6.24. The first-order valence-electron chi connectivity index (χ1n) is 16.4. The summed E-state index contributed by atoms with van der Waals surface area (Å²) in [6.45, 7) is 4.63. The van der Waals surface area contributed by atoms with Crippen molar-refractivity contribution in [1.29, 1.82) is 0 Å². The standard InChI is InChI=1S/C33H52N8O5/c1-21(2)24(13-14-37-32(34)35)17-29(42)26(15-22-9-5-3-6-10-22)39-31(44)28(18-25-19-36-20-38-25)40-30(43)27(41-33(45)46)16-23-11-7-4-8-12-23/h4,7-8,11-12,19-22,24,26-29,41-42H,3,5-6,9-10,13-18H2,1-2H3,(H,36,38)(H,39,44)(H,40,43)(H,45,46)(H4,34,35,37)/t24-,26-,27-,28-,29-/m0/s1. The molecule has 1 aromatic heterocycles. The summed E-state index contributed by atoms with van der Waals surface area (Å²) >= 11 is 0. The van der Waals surface area contributed by atoms with E-state index in [0.29, 0.717) is 37.4 Å². The van der Waals surface area contributed by atoms with Crippen molar-refractivity contribution in [2.75, 3.05) is 6.54 Å². The molecule has 5 atom stereocenters. The topological polar surface area (TPSA) is 221 Å². The Labute approximate surface area is 271 Å². The lowest BCUT2D eigenvalue weighted by molar-refractivity contribution is -0.131. The number of hydrogen-bond donors (Lipinski definition) is 8. The quantitative estimate of drug-likeness (QED) is 0.0891. The van der Waals surface area contributed by atoms with Crippen LogP contribution in [-0.2, 0) is 22.4 Å². The number of carbonyl (C=O) groups excluding carboxylic acids is 2. The molecule has 1 aliphatic carbocycles. The summed E-state index contributed by atoms with van der Waals surface area (Å²) in [6.07, 6.45) is 8.34. The number of aliphatic imine (C=N–C) groups is 1. The fourth-order valence-electron chi connectivity index (χ4n) is 6.24. The average Bonchev–Trinajstić information content (AvgIpc) is 3.53. The summed E-state index contributed by atoms with van der Waals surface area (Å²) in [5.74, 6) is -0.326. The van der Waals surface area contributed by atoms with Gasteiger partial charge in [-0.25, -0.2) is 9.78 Å². The van der Waals surface area contributed by atoms with Crippen LogP contribution in [0.4, 0.5) is 4.79 Å². The molecule has 1 heterocycles. The molecule has 0 radical (unpaired) electrons. The molecule has 46 heavy (non-hydrogen) atoms. The molecule has 0 bridgehead atoms. The minimum atomic E-state index is -1.35. The van der Waals surface area contributed by atoms with E-state index < -0.39 is 42.1 Å². The Balaban J connectivity index is 1.81. The molecular weight excluding hydrogens is 588 g/mol. The van der Waals surface area contributed by atoms with Crippen molar-refractivity contribution in [2.45, 2.75) is 102 Å². The van der Waals surface area contributed by atoms with Crippen LogP contribution in [-0.4, -0.2) is 74.8 Å². The van der Waals surface area contributed by atoms with Crippen molar-refractivity contribution in [2.24, 2.45) is 34.2 Å². The third kappa shape index (κ3) is 12.7. The first kappa shape index (κ1) is 36.3. The number of carbonyl (C=O) groups is 3. The third-order valence-electron chi connectivity index (χ3n) is 8.89. The predicted octanol–water partition coefficient (Wildman–Crippen LogP) is 2.46. The number of aliphatic hydroxyl groups is 1. The molecule has 1 fully saturated rings. The Morgan fingerprint density at radius 3 is 2.28 bits per heavy atom. The monoisotopic (exact) mass is 640 g/mol. The number of rotatable bonds is 18. The molecule has 254 valence electrons. The second-order valence-corrected chi connectivity index (χ2v) is 12.8. The number of aromatic nitrogens is 2. The predicted molar refractivity (Wildman–Crippen MR) is 177 cm³/mol. The molecule has 2 aromatic rings. The minimum Gasteiger partial charge on any atom is -0.465 e. The van der Waals surface area contributed by atoms with Crippen molar-refractivity contribution in [3.05, 3.63) is 54.1 Å². The summed E-state index contributed by atoms with van der Waals surface area (Å²) in [4.78, 5) is 50.2. The zero-order valence-corrected chi connectivity index (χ0v) is 27.0. The highest BCUT2D eigenvalue weighted by atomic mass is 16.4. The van der Waals surface area contributed by atoms with Crippen LogP contribution in [0, 0.1) is 17.8 Å². The normalized spacial score (nSPS) is 16.9. The number of aromatic amines is 1. The highest BCUT2D eigenvalue weighted by molar-refractivity contribution is 5.91. The van der Waals surface area contributed by atoms with E-state index in [1.807, 2.05) is 18.2 Å². The number of nitrogens with zero attached hydrogens (tertiary/aromatic N) is 2. The number of hydrogen-bond acceptors (Lipinski definition) is 6. The van der Waals surface area contributed by atoms with Crippen LogP contribution >= 0.6 is 0 Å². The average molecular weight is 641 g/mol. The molecule has 3 amide bonds. The van der Waals surface area contributed by atoms with Gasteiger partial charge in [0.25, 0.3) is 0 Å². The zero-order valence-electron chi connectivity index (χ0n) is 27.0. The molecular formula is C33H52N8O5. The molecule has 0 spiro atoms. The van der Waals surface area contributed by atoms with Crippen LogP contribution in [0.3, 0.4) is 0 Å². The van der Waals surface area contributed by atoms with E-state index in [4.69, 9.17) is 11.5 Å². The van der Waals surface area contributed by atoms with Gasteiger partial charge in [-0.15, -0.1) is 0 Å². The van der Waals surface area contributed by atoms with Crippen molar-refractivity contribution < 1.29 is 24.6 Å². The number of guanidine groups is 1. The first-order chi connectivity index (χ1) is 22.0. The van der Waals surface area contributed by atoms with Crippen LogP contribution in [0.2, 0.25) is 0 Å². The van der Waals surface area contributed by atoms with Crippen molar-refractivity contribution >= 4 is 23.9 Å². The Hall–Kier alpha value is -4.13. The van der Waals surface area contributed by atoms with E-state index in [0.717, 1.165) is 31.2 Å². The van der Waals surface area contributed by atoms with Gasteiger partial charge in [0.1, 0.15) is 12.1 Å². The number of imidazole rings is 1. The number of aliphatic hydroxyl groups excluding tert-OH is 1. The van der Waals surface area contributed by atoms with Gasteiger partial charge in [0.15, 0.2) is 5.96 Å². The zero-order chi connectivity index (χ0) is 33.5. The van der Waals surface area contributed by atoms with Gasteiger partial charge in [0, 0.05) is 31.3 Å². The summed E-state index contributed by atoms with van der Waals surface area (Å²) < 4.78 is 0. The van der Waals surface area contributed by atoms with E-state index in [-0.39, 0.29) is 30.6 Å². The van der Waals surface area contributed by atoms with E-state index in [2.05, 4.69) is 44.8 Å². The number of nitrogens with two attached hydrogens (primary N) is 2. The lowest BCUT2D eigenvalue weighted by Gasteiger charge is -2.33. The highest BCUT2D eigenvalue weighted by Gasteiger charge is 2.33. The van der Waals surface area contributed by atoms with Gasteiger partial charge in [-0.05, 0) is 42.6 Å². The van der Waals surface area contributed by atoms with Gasteiger partial charge >= 0.3 is 6.09 Å². The first-order valence-corrected chi connectivity index (χ1v) is 16.4. The molecule has 10 N–H and O–H groups in total. The number of amides is 3. The maximum atomic E-state index is 14.0. The number of nitrogens with one attached hydrogen (secondary N) is 4. The van der Waals surface area contributed by atoms with E-state index in [1.54, 1.807) is 18.3 Å². The van der Waals surface area contributed by atoms with Gasteiger partial charge in [0.2, 0.25) is 11.8 Å². The summed E-state index contributed by atoms with van der Waals surface area (Å²) in [6, 6.07) is 6.33. The second kappa shape index (κ2) is 18.7. The van der Waals surface area contributed by atoms with Crippen LogP contribution in [0.25, 0.3) is 0 Å². The Kier molecular flexibility index (Phi) is 14.8. The third-order valence-corrected chi connectivity index (χ3v) is 8.89. The Morgan fingerprint density at radius 1 is 1.00 bits per heavy atom. The summed E-state index contributed by atoms with van der Waals surface area (Å²) in [5, 5.41) is 29.2. The van der Waals surface area contributed by atoms with Gasteiger partial charge in [0.05, 0.1) is 18.5 Å². The van der Waals surface area contributed by atoms with Gasteiger partial charge in [-0.3, -0.25) is 14.6 Å². The van der Waals surface area contributed by atoms with Gasteiger partial charge in [-0.2, -0.15) is 0 Å². The fraction of sp³-hybridized carbons (Fsp3) is 0.606. The number of benzene rings is 1. The van der Waals surface area contributed by atoms with Gasteiger partial charge < -0.3 is 42.6 Å². The van der Waals surface area contributed by atoms with E-state index in [9.17, 15) is 24.6 Å². The summed E-state index contributed by atoms with van der Waals surface area (Å²) in [7, 11) is 0. The van der Waals surface area contributed by atoms with Crippen molar-refractivity contribution in [1.82, 2.24) is 25.9 Å². The van der Waals surface area contributed by atoms with Crippen LogP contribution in [0.5, 0.6) is 0 Å². The Bertz CT molecular complexity index is 1230. The lowest BCUT2D eigenvalue weighted by Crippen LogP contribution is -2.57. The van der Waals surface area contributed by atoms with Crippen molar-refractivity contribution in [3.8, 4) is 0 Å². The van der Waals surface area contributed by atoms with Crippen LogP contribution in [0.1, 0.15) is 76.5 Å². The molecule has 1 saturated carbocycles. The van der Waals surface area contributed by atoms with Crippen LogP contribution in [0.15, 0.2) is 47.8 Å². The maximum absolute atomic E-state index is 14.0. The van der Waals surface area contributed by atoms with Crippen molar-refractivity contribution in [3.63, 3.8) is 0 Å².